The normalized spacial score (nSPS) is 38.4. The number of cyclic esters (lactones) is 2. The summed E-state index contributed by atoms with van der Waals surface area (Å²) < 4.78 is 36.9. The number of esters is 2. The molecule has 0 aromatic heterocycles. The zero-order valence-electron chi connectivity index (χ0n) is 17.3. The highest BCUT2D eigenvalue weighted by Gasteiger charge is 2.65. The van der Waals surface area contributed by atoms with Gasteiger partial charge in [-0.05, 0) is 55.2 Å². The highest BCUT2D eigenvalue weighted by atomic mass is 19.1. The molecule has 1 aromatic rings. The quantitative estimate of drug-likeness (QED) is 0.543. The summed E-state index contributed by atoms with van der Waals surface area (Å²) in [5.41, 5.74) is -0.0451. The molecule has 162 valence electrons. The van der Waals surface area contributed by atoms with Crippen molar-refractivity contribution in [1.82, 2.24) is 0 Å². The van der Waals surface area contributed by atoms with Crippen molar-refractivity contribution in [2.45, 2.75) is 62.9 Å². The minimum absolute atomic E-state index is 0.0464. The molecule has 4 bridgehead atoms. The van der Waals surface area contributed by atoms with Crippen LogP contribution in [0.3, 0.4) is 0 Å². The van der Waals surface area contributed by atoms with Crippen LogP contribution in [0.15, 0.2) is 24.3 Å². The summed E-state index contributed by atoms with van der Waals surface area (Å²) in [4.78, 5) is 26.5. The van der Waals surface area contributed by atoms with E-state index in [9.17, 15) is 14.0 Å². The molecule has 0 amide bonds. The molecule has 0 spiro atoms. The van der Waals surface area contributed by atoms with Crippen molar-refractivity contribution < 1.29 is 32.9 Å². The molecule has 0 unspecified atom stereocenters. The van der Waals surface area contributed by atoms with Crippen LogP contribution in [0.25, 0.3) is 0 Å². The van der Waals surface area contributed by atoms with Gasteiger partial charge in [0.05, 0.1) is 25.4 Å². The molecule has 2 saturated carbocycles. The summed E-state index contributed by atoms with van der Waals surface area (Å²) in [5, 5.41) is 0. The van der Waals surface area contributed by atoms with E-state index in [1.807, 2.05) is 0 Å². The van der Waals surface area contributed by atoms with E-state index in [-0.39, 0.29) is 29.9 Å². The summed E-state index contributed by atoms with van der Waals surface area (Å²) in [5.74, 6) is -3.96. The Kier molecular flexibility index (Phi) is 4.67. The van der Waals surface area contributed by atoms with E-state index in [0.717, 1.165) is 5.56 Å². The first-order valence-corrected chi connectivity index (χ1v) is 10.7. The number of halogens is 1. The third-order valence-electron chi connectivity index (χ3n) is 7.32. The number of carbonyl (C=O) groups excluding carboxylic acids is 2. The third-order valence-corrected chi connectivity index (χ3v) is 7.32. The van der Waals surface area contributed by atoms with Gasteiger partial charge in [0, 0.05) is 19.3 Å². The Hall–Kier alpha value is -1.99. The number of hydrogen-bond acceptors (Lipinski definition) is 6. The van der Waals surface area contributed by atoms with Gasteiger partial charge in [-0.25, -0.2) is 4.39 Å². The van der Waals surface area contributed by atoms with Crippen molar-refractivity contribution in [2.24, 2.45) is 17.8 Å². The van der Waals surface area contributed by atoms with Crippen LogP contribution in [0, 0.1) is 23.6 Å². The predicted octanol–water partition coefficient (Wildman–Crippen LogP) is 3.12. The number of ether oxygens (including phenoxy) is 4. The average Bonchev–Trinajstić information content (AvgIpc) is 2.78. The molecule has 2 aliphatic carbocycles. The number of fused-ring (bicyclic) bond motifs is 3. The van der Waals surface area contributed by atoms with Gasteiger partial charge in [0.15, 0.2) is 5.92 Å². The van der Waals surface area contributed by atoms with Gasteiger partial charge in [0.2, 0.25) is 0 Å². The Balaban J connectivity index is 1.66. The maximum absolute atomic E-state index is 13.8. The second-order valence-corrected chi connectivity index (χ2v) is 9.44. The van der Waals surface area contributed by atoms with E-state index < -0.39 is 29.1 Å². The molecule has 30 heavy (non-hydrogen) atoms. The average molecular weight is 418 g/mol. The third kappa shape index (κ3) is 3.05. The lowest BCUT2D eigenvalue weighted by Gasteiger charge is -2.59. The summed E-state index contributed by atoms with van der Waals surface area (Å²) in [6.45, 7) is 4.21. The van der Waals surface area contributed by atoms with Crippen LogP contribution < -0.4 is 0 Å². The summed E-state index contributed by atoms with van der Waals surface area (Å²) in [6, 6.07) is 6.20. The Bertz CT molecular complexity index is 796. The maximum Gasteiger partial charge on any atom is 0.324 e. The van der Waals surface area contributed by atoms with Crippen LogP contribution in [0.1, 0.15) is 45.1 Å². The van der Waals surface area contributed by atoms with E-state index in [1.165, 1.54) is 12.1 Å². The Morgan fingerprint density at radius 2 is 1.30 bits per heavy atom. The topological polar surface area (TPSA) is 71.1 Å². The highest BCUT2D eigenvalue weighted by Crippen LogP contribution is 2.60. The van der Waals surface area contributed by atoms with Gasteiger partial charge in [-0.3, -0.25) is 9.59 Å². The number of benzene rings is 1. The molecule has 6 nitrogen and oxygen atoms in total. The minimum atomic E-state index is -1.29. The van der Waals surface area contributed by atoms with Crippen molar-refractivity contribution in [3.63, 3.8) is 0 Å². The van der Waals surface area contributed by atoms with Gasteiger partial charge in [-0.2, -0.15) is 0 Å². The first-order valence-electron chi connectivity index (χ1n) is 10.7. The van der Waals surface area contributed by atoms with Gasteiger partial charge >= 0.3 is 11.9 Å². The lowest BCUT2D eigenvalue weighted by molar-refractivity contribution is -0.250. The van der Waals surface area contributed by atoms with Crippen molar-refractivity contribution in [2.75, 3.05) is 13.2 Å². The van der Waals surface area contributed by atoms with E-state index in [4.69, 9.17) is 18.9 Å². The van der Waals surface area contributed by atoms with E-state index in [0.29, 0.717) is 38.9 Å². The van der Waals surface area contributed by atoms with Crippen LogP contribution in [0.5, 0.6) is 0 Å². The second-order valence-electron chi connectivity index (χ2n) is 9.44. The SMILES string of the molecule is CC1(C)OC(=O)C(C2(c3ccc(F)cc3)C3CC4CC2CC(C3)OCCO4)C(=O)O1. The van der Waals surface area contributed by atoms with Crippen molar-refractivity contribution in [3.05, 3.63) is 35.6 Å². The zero-order chi connectivity index (χ0) is 21.1. The van der Waals surface area contributed by atoms with Gasteiger partial charge in [0.25, 0.3) is 5.79 Å². The Morgan fingerprint density at radius 1 is 0.833 bits per heavy atom. The van der Waals surface area contributed by atoms with Crippen molar-refractivity contribution in [3.8, 4) is 0 Å². The van der Waals surface area contributed by atoms with Crippen molar-refractivity contribution >= 4 is 11.9 Å². The fourth-order valence-electron chi connectivity index (χ4n) is 6.43. The molecule has 0 atom stereocenters. The van der Waals surface area contributed by atoms with Crippen LogP contribution >= 0.6 is 0 Å². The first-order chi connectivity index (χ1) is 14.3. The summed E-state index contributed by atoms with van der Waals surface area (Å²) in [6.07, 6.45) is 2.98. The monoisotopic (exact) mass is 418 g/mol. The number of carbonyl (C=O) groups is 2. The van der Waals surface area contributed by atoms with Crippen LogP contribution in [-0.2, 0) is 34.0 Å². The first kappa shape index (κ1) is 19.9. The van der Waals surface area contributed by atoms with Crippen LogP contribution in [-0.4, -0.2) is 43.1 Å². The predicted molar refractivity (Wildman–Crippen MR) is 103 cm³/mol. The van der Waals surface area contributed by atoms with Gasteiger partial charge < -0.3 is 18.9 Å². The Morgan fingerprint density at radius 3 is 1.77 bits per heavy atom. The number of hydrogen-bond donors (Lipinski definition) is 0. The maximum atomic E-state index is 13.8. The molecule has 3 aliphatic heterocycles. The second kappa shape index (κ2) is 7.02. The highest BCUT2D eigenvalue weighted by molar-refractivity contribution is 5.99. The van der Waals surface area contributed by atoms with Gasteiger partial charge in [-0.1, -0.05) is 12.1 Å². The summed E-state index contributed by atoms with van der Waals surface area (Å²) in [7, 11) is 0. The molecule has 0 N–H and O–H groups in total. The van der Waals surface area contributed by atoms with Crippen LogP contribution in [0.4, 0.5) is 4.39 Å². The zero-order valence-corrected chi connectivity index (χ0v) is 17.3. The molecular weight excluding hydrogens is 391 g/mol. The van der Waals surface area contributed by atoms with E-state index in [1.54, 1.807) is 26.0 Å². The molecule has 3 saturated heterocycles. The summed E-state index contributed by atoms with van der Waals surface area (Å²) >= 11 is 0. The minimum Gasteiger partial charge on any atom is -0.422 e. The largest absolute Gasteiger partial charge is 0.422 e. The molecule has 5 aliphatic rings. The van der Waals surface area contributed by atoms with E-state index >= 15 is 0 Å². The fourth-order valence-corrected chi connectivity index (χ4v) is 6.43. The lowest BCUT2D eigenvalue weighted by atomic mass is 9.46. The molecule has 7 heteroatoms. The van der Waals surface area contributed by atoms with Crippen molar-refractivity contribution in [1.29, 1.82) is 0 Å². The van der Waals surface area contributed by atoms with Gasteiger partial charge in [-0.15, -0.1) is 0 Å². The molecule has 0 radical (unpaired) electrons. The number of rotatable bonds is 2. The lowest BCUT2D eigenvalue weighted by Crippen LogP contribution is -2.64. The molecular formula is C23H27FO6. The van der Waals surface area contributed by atoms with Gasteiger partial charge in [0.1, 0.15) is 5.82 Å². The van der Waals surface area contributed by atoms with E-state index in [2.05, 4.69) is 0 Å². The molecule has 5 fully saturated rings. The fraction of sp³-hybridized carbons (Fsp3) is 0.652. The molecule has 3 heterocycles. The Labute approximate surface area is 175 Å². The molecule has 6 rings (SSSR count). The van der Waals surface area contributed by atoms with Crippen LogP contribution in [0.2, 0.25) is 0 Å². The standard InChI is InChI=1S/C23H27FO6/c1-22(2)29-20(25)19(21(26)30-22)23(13-3-5-16(24)6-4-13)14-9-17-10-15(23)12-18(11-14)28-8-7-27-17/h3-6,14-15,17-19H,7-12H2,1-2H3. The molecule has 1 aromatic carbocycles. The smallest absolute Gasteiger partial charge is 0.324 e.